The van der Waals surface area contributed by atoms with E-state index in [4.69, 9.17) is 15.2 Å². The van der Waals surface area contributed by atoms with Crippen molar-refractivity contribution in [2.24, 2.45) is 0 Å². The quantitative estimate of drug-likeness (QED) is 0.297. The number of benzene rings is 2. The number of hydrogen-bond acceptors (Lipinski definition) is 5. The number of carbonyl (C=O) groups is 1. The van der Waals surface area contributed by atoms with E-state index in [1.807, 2.05) is 41.9 Å². The molecule has 0 radical (unpaired) electrons. The normalized spacial score (nSPS) is 15.4. The van der Waals surface area contributed by atoms with Gasteiger partial charge >= 0.3 is 5.97 Å². The van der Waals surface area contributed by atoms with E-state index in [0.29, 0.717) is 5.65 Å². The highest BCUT2D eigenvalue weighted by atomic mass is 19.1. The van der Waals surface area contributed by atoms with Gasteiger partial charge in [-0.05, 0) is 49.6 Å². The zero-order valence-electron chi connectivity index (χ0n) is 20.4. The Hall–Kier alpha value is -3.88. The summed E-state index contributed by atoms with van der Waals surface area (Å²) in [7, 11) is 0. The summed E-state index contributed by atoms with van der Waals surface area (Å²) in [6, 6.07) is 16.0. The molecule has 2 aromatic heterocycles. The van der Waals surface area contributed by atoms with Gasteiger partial charge in [0.05, 0.1) is 41.1 Å². The van der Waals surface area contributed by atoms with Crippen molar-refractivity contribution in [3.8, 4) is 16.8 Å². The van der Waals surface area contributed by atoms with Gasteiger partial charge in [-0.2, -0.15) is 5.10 Å². The summed E-state index contributed by atoms with van der Waals surface area (Å²) >= 11 is 0. The highest BCUT2D eigenvalue weighted by molar-refractivity contribution is 6.00. The number of aliphatic hydroxyl groups is 2. The number of pyridine rings is 1. The van der Waals surface area contributed by atoms with Crippen LogP contribution >= 0.6 is 0 Å². The van der Waals surface area contributed by atoms with Crippen LogP contribution in [0.4, 0.5) is 4.39 Å². The molecule has 7 nitrogen and oxygen atoms in total. The van der Waals surface area contributed by atoms with Crippen molar-refractivity contribution in [2.75, 3.05) is 0 Å². The number of aliphatic carboxylic acids is 1. The maximum absolute atomic E-state index is 13.9. The lowest BCUT2D eigenvalue weighted by Crippen LogP contribution is -2.19. The Balaban J connectivity index is 1.69. The number of carboxylic acids is 1. The van der Waals surface area contributed by atoms with Crippen molar-refractivity contribution in [2.45, 2.75) is 50.7 Å². The molecule has 2 atom stereocenters. The average molecular weight is 502 g/mol. The number of aromatic nitrogens is 3. The minimum Gasteiger partial charge on any atom is -0.481 e. The third kappa shape index (κ3) is 5.30. The molecule has 1 fully saturated rings. The van der Waals surface area contributed by atoms with Crippen LogP contribution in [0.15, 0.2) is 60.7 Å². The summed E-state index contributed by atoms with van der Waals surface area (Å²) in [5.41, 5.74) is 5.68. The Morgan fingerprint density at radius 1 is 1.14 bits per heavy atom. The molecule has 37 heavy (non-hydrogen) atoms. The second-order valence-electron chi connectivity index (χ2n) is 9.51. The topological polar surface area (TPSA) is 108 Å². The number of hydrogen-bond donors (Lipinski definition) is 3. The maximum atomic E-state index is 13.9. The fraction of sp³-hybridized carbons (Fsp3) is 0.276. The van der Waals surface area contributed by atoms with Gasteiger partial charge in [0.15, 0.2) is 5.65 Å². The van der Waals surface area contributed by atoms with Crippen LogP contribution in [-0.2, 0) is 4.79 Å². The standard InChI is InChI=1S/C29H28FN3O4/c1-17-26-27(18-9-11-20(30)12-10-18)24(14-13-22(34)15-23(35)16-25(36)37)28(19-7-8-19)31-29(26)33(32-17)21-5-3-2-4-6-21/h2-6,9-14,19,22-23,34-35H,7-8,15-16H2,1H3,(H,36,37)/b14-13+. The first-order valence-electron chi connectivity index (χ1n) is 12.3. The summed E-state index contributed by atoms with van der Waals surface area (Å²) in [5.74, 6) is -1.22. The van der Waals surface area contributed by atoms with E-state index in [-0.39, 0.29) is 18.2 Å². The minimum atomic E-state index is -1.16. The van der Waals surface area contributed by atoms with Gasteiger partial charge in [-0.1, -0.05) is 42.5 Å². The molecule has 8 heteroatoms. The van der Waals surface area contributed by atoms with E-state index in [0.717, 1.165) is 52.0 Å². The number of aliphatic hydroxyl groups excluding tert-OH is 2. The van der Waals surface area contributed by atoms with Crippen LogP contribution in [0.25, 0.3) is 33.9 Å². The molecule has 2 heterocycles. The van der Waals surface area contributed by atoms with E-state index < -0.39 is 24.6 Å². The van der Waals surface area contributed by atoms with E-state index in [1.54, 1.807) is 24.3 Å². The van der Waals surface area contributed by atoms with Gasteiger partial charge in [-0.15, -0.1) is 0 Å². The largest absolute Gasteiger partial charge is 0.481 e. The highest BCUT2D eigenvalue weighted by Gasteiger charge is 2.31. The third-order valence-electron chi connectivity index (χ3n) is 6.56. The molecule has 0 saturated heterocycles. The van der Waals surface area contributed by atoms with Gasteiger partial charge in [0.25, 0.3) is 0 Å². The molecule has 0 bridgehead atoms. The van der Waals surface area contributed by atoms with Crippen molar-refractivity contribution >= 4 is 23.1 Å². The molecular weight excluding hydrogens is 473 g/mol. The number of aryl methyl sites for hydroxylation is 1. The molecule has 1 aliphatic carbocycles. The van der Waals surface area contributed by atoms with Gasteiger partial charge < -0.3 is 15.3 Å². The van der Waals surface area contributed by atoms with Crippen LogP contribution in [0.2, 0.25) is 0 Å². The molecule has 2 aromatic carbocycles. The van der Waals surface area contributed by atoms with Crippen LogP contribution in [0.3, 0.4) is 0 Å². The van der Waals surface area contributed by atoms with Crippen LogP contribution < -0.4 is 0 Å². The Labute approximate surface area is 213 Å². The van der Waals surface area contributed by atoms with Gasteiger partial charge in [-0.25, -0.2) is 14.1 Å². The lowest BCUT2D eigenvalue weighted by Gasteiger charge is -2.16. The molecule has 2 unspecified atom stereocenters. The fourth-order valence-corrected chi connectivity index (χ4v) is 4.70. The molecule has 4 aromatic rings. The SMILES string of the molecule is Cc1nn(-c2ccccc2)c2nc(C3CC3)c(/C=C/C(O)CC(O)CC(=O)O)c(-c3ccc(F)cc3)c12. The van der Waals surface area contributed by atoms with Crippen LogP contribution in [0, 0.1) is 12.7 Å². The van der Waals surface area contributed by atoms with Gasteiger partial charge in [-0.3, -0.25) is 4.79 Å². The second kappa shape index (κ2) is 10.2. The summed E-state index contributed by atoms with van der Waals surface area (Å²) in [6.45, 7) is 1.91. The van der Waals surface area contributed by atoms with Gasteiger partial charge in [0.2, 0.25) is 0 Å². The Kier molecular flexibility index (Phi) is 6.86. The predicted molar refractivity (Wildman–Crippen MR) is 139 cm³/mol. The van der Waals surface area contributed by atoms with Crippen molar-refractivity contribution < 1.29 is 24.5 Å². The molecule has 0 amide bonds. The smallest absolute Gasteiger partial charge is 0.305 e. The number of carboxylic acid groups (broad SMARTS) is 1. The second-order valence-corrected chi connectivity index (χ2v) is 9.51. The van der Waals surface area contributed by atoms with E-state index >= 15 is 0 Å². The number of halogens is 1. The predicted octanol–water partition coefficient (Wildman–Crippen LogP) is 5.01. The lowest BCUT2D eigenvalue weighted by molar-refractivity contribution is -0.139. The summed E-state index contributed by atoms with van der Waals surface area (Å²) in [4.78, 5) is 16.0. The average Bonchev–Trinajstić information content (AvgIpc) is 3.66. The first kappa shape index (κ1) is 24.8. The first-order valence-corrected chi connectivity index (χ1v) is 12.3. The van der Waals surface area contributed by atoms with Crippen molar-refractivity contribution in [3.63, 3.8) is 0 Å². The maximum Gasteiger partial charge on any atom is 0.305 e. The molecule has 0 spiro atoms. The summed E-state index contributed by atoms with van der Waals surface area (Å²) < 4.78 is 15.7. The minimum absolute atomic E-state index is 0.103. The van der Waals surface area contributed by atoms with Crippen LogP contribution in [0.1, 0.15) is 48.6 Å². The number of fused-ring (bicyclic) bond motifs is 1. The van der Waals surface area contributed by atoms with E-state index in [2.05, 4.69) is 0 Å². The molecule has 5 rings (SSSR count). The molecule has 190 valence electrons. The van der Waals surface area contributed by atoms with Crippen molar-refractivity contribution in [3.05, 3.63) is 83.4 Å². The van der Waals surface area contributed by atoms with Gasteiger partial charge in [0, 0.05) is 23.5 Å². The Bertz CT molecular complexity index is 1460. The first-order chi connectivity index (χ1) is 17.8. The molecule has 3 N–H and O–H groups in total. The molecule has 1 saturated carbocycles. The Morgan fingerprint density at radius 2 is 1.84 bits per heavy atom. The highest BCUT2D eigenvalue weighted by Crippen LogP contribution is 2.46. The van der Waals surface area contributed by atoms with Gasteiger partial charge in [0.1, 0.15) is 5.82 Å². The van der Waals surface area contributed by atoms with E-state index in [9.17, 15) is 19.4 Å². The Morgan fingerprint density at radius 3 is 2.49 bits per heavy atom. The lowest BCUT2D eigenvalue weighted by atomic mass is 9.92. The van der Waals surface area contributed by atoms with Crippen LogP contribution in [0.5, 0.6) is 0 Å². The number of rotatable bonds is 9. The zero-order valence-corrected chi connectivity index (χ0v) is 20.4. The summed E-state index contributed by atoms with van der Waals surface area (Å²) in [6.07, 6.45) is 2.56. The number of para-hydroxylation sites is 1. The fourth-order valence-electron chi connectivity index (χ4n) is 4.70. The number of nitrogens with zero attached hydrogens (tertiary/aromatic N) is 3. The zero-order chi connectivity index (χ0) is 26.1. The molecule has 1 aliphatic rings. The van der Waals surface area contributed by atoms with E-state index in [1.165, 1.54) is 12.1 Å². The van der Waals surface area contributed by atoms with Crippen molar-refractivity contribution in [1.29, 1.82) is 0 Å². The van der Waals surface area contributed by atoms with Crippen LogP contribution in [-0.4, -0.2) is 48.3 Å². The molecular formula is C29H28FN3O4. The third-order valence-corrected chi connectivity index (χ3v) is 6.56. The molecule has 0 aliphatic heterocycles. The van der Waals surface area contributed by atoms with Crippen molar-refractivity contribution in [1.82, 2.24) is 14.8 Å². The monoisotopic (exact) mass is 501 g/mol. The summed E-state index contributed by atoms with van der Waals surface area (Å²) in [5, 5.41) is 35.0.